The Morgan fingerprint density at radius 1 is 1.20 bits per heavy atom. The van der Waals surface area contributed by atoms with E-state index in [4.69, 9.17) is 5.73 Å². The Hall–Kier alpha value is -1.61. The lowest BCUT2D eigenvalue weighted by Gasteiger charge is -2.13. The molecule has 1 aliphatic rings. The number of nitrogens with two attached hydrogens (primary N) is 1. The van der Waals surface area contributed by atoms with Gasteiger partial charge >= 0.3 is 0 Å². The van der Waals surface area contributed by atoms with Gasteiger partial charge in [-0.15, -0.1) is 0 Å². The molecule has 1 aliphatic carbocycles. The van der Waals surface area contributed by atoms with Crippen molar-refractivity contribution < 1.29 is 4.79 Å². The molecular weight excluding hydrogens is 248 g/mol. The molecule has 108 valence electrons. The molecule has 0 saturated heterocycles. The summed E-state index contributed by atoms with van der Waals surface area (Å²) in [6, 6.07) is 7.87. The maximum absolute atomic E-state index is 12.0. The molecule has 0 saturated carbocycles. The molecule has 0 spiro atoms. The number of allylic oxidation sites excluding steroid dienone is 1. The van der Waals surface area contributed by atoms with E-state index in [1.165, 1.54) is 31.3 Å². The minimum Gasteiger partial charge on any atom is -0.355 e. The molecule has 3 heteroatoms. The van der Waals surface area contributed by atoms with E-state index >= 15 is 0 Å². The van der Waals surface area contributed by atoms with Gasteiger partial charge in [-0.1, -0.05) is 35.9 Å². The van der Waals surface area contributed by atoms with Gasteiger partial charge in [0.2, 0.25) is 5.91 Å². The summed E-state index contributed by atoms with van der Waals surface area (Å²) >= 11 is 0. The fourth-order valence-corrected chi connectivity index (χ4v) is 2.66. The number of hydrogen-bond donors (Lipinski definition) is 2. The molecule has 1 aromatic rings. The molecule has 0 atom stereocenters. The van der Waals surface area contributed by atoms with Crippen molar-refractivity contribution in [2.75, 3.05) is 6.54 Å². The lowest BCUT2D eigenvalue weighted by atomic mass is 9.97. The van der Waals surface area contributed by atoms with E-state index in [-0.39, 0.29) is 5.91 Å². The van der Waals surface area contributed by atoms with Crippen molar-refractivity contribution in [3.8, 4) is 0 Å². The van der Waals surface area contributed by atoms with Crippen LogP contribution >= 0.6 is 0 Å². The molecule has 3 nitrogen and oxygen atoms in total. The van der Waals surface area contributed by atoms with Crippen LogP contribution in [0.1, 0.15) is 43.2 Å². The Balaban J connectivity index is 1.76. The van der Waals surface area contributed by atoms with E-state index in [2.05, 4.69) is 11.4 Å². The van der Waals surface area contributed by atoms with Crippen LogP contribution in [0.5, 0.6) is 0 Å². The predicted octanol–water partition coefficient (Wildman–Crippen LogP) is 2.69. The number of carbonyl (C=O) groups is 1. The Labute approximate surface area is 121 Å². The molecule has 1 amide bonds. The highest BCUT2D eigenvalue weighted by atomic mass is 16.1. The highest BCUT2D eigenvalue weighted by molar-refractivity contribution is 5.78. The molecule has 0 radical (unpaired) electrons. The van der Waals surface area contributed by atoms with Crippen molar-refractivity contribution in [2.45, 2.75) is 45.1 Å². The highest BCUT2D eigenvalue weighted by Crippen LogP contribution is 2.19. The van der Waals surface area contributed by atoms with Crippen LogP contribution in [-0.2, 0) is 17.8 Å². The van der Waals surface area contributed by atoms with E-state index in [1.807, 2.05) is 24.3 Å². The summed E-state index contributed by atoms with van der Waals surface area (Å²) in [6.45, 7) is 1.23. The molecule has 0 bridgehead atoms. The second-order valence-electron chi connectivity index (χ2n) is 5.36. The summed E-state index contributed by atoms with van der Waals surface area (Å²) in [7, 11) is 0. The zero-order valence-corrected chi connectivity index (χ0v) is 12.0. The van der Waals surface area contributed by atoms with Crippen molar-refractivity contribution in [2.24, 2.45) is 5.73 Å². The monoisotopic (exact) mass is 272 g/mol. The van der Waals surface area contributed by atoms with Gasteiger partial charge in [-0.25, -0.2) is 0 Å². The molecule has 20 heavy (non-hydrogen) atoms. The first-order chi connectivity index (χ1) is 9.79. The second-order valence-corrected chi connectivity index (χ2v) is 5.36. The van der Waals surface area contributed by atoms with E-state index < -0.39 is 0 Å². The Bertz CT molecular complexity index is 480. The SMILES string of the molecule is NCc1ccccc1CC(=O)NCCC1=CCCCC1. The van der Waals surface area contributed by atoms with Gasteiger partial charge in [-0.2, -0.15) is 0 Å². The molecule has 0 aromatic heterocycles. The van der Waals surface area contributed by atoms with Crippen molar-refractivity contribution in [3.05, 3.63) is 47.0 Å². The topological polar surface area (TPSA) is 55.1 Å². The molecular formula is C17H24N2O. The minimum absolute atomic E-state index is 0.0855. The van der Waals surface area contributed by atoms with Crippen LogP contribution in [0.4, 0.5) is 0 Å². The number of rotatable bonds is 6. The van der Waals surface area contributed by atoms with Crippen LogP contribution in [0, 0.1) is 0 Å². The van der Waals surface area contributed by atoms with Crippen LogP contribution in [0.2, 0.25) is 0 Å². The summed E-state index contributed by atoms with van der Waals surface area (Å²) in [5.74, 6) is 0.0855. The lowest BCUT2D eigenvalue weighted by Crippen LogP contribution is -2.27. The number of hydrogen-bond acceptors (Lipinski definition) is 2. The van der Waals surface area contributed by atoms with Crippen molar-refractivity contribution in [1.82, 2.24) is 5.32 Å². The summed E-state index contributed by atoms with van der Waals surface area (Å²) < 4.78 is 0. The lowest BCUT2D eigenvalue weighted by molar-refractivity contribution is -0.120. The van der Waals surface area contributed by atoms with Gasteiger partial charge in [-0.05, 0) is 43.2 Å². The normalized spacial score (nSPS) is 14.8. The number of amides is 1. The largest absolute Gasteiger partial charge is 0.355 e. The zero-order valence-electron chi connectivity index (χ0n) is 12.0. The minimum atomic E-state index is 0.0855. The zero-order chi connectivity index (χ0) is 14.2. The molecule has 0 aliphatic heterocycles. The van der Waals surface area contributed by atoms with Gasteiger partial charge in [0.05, 0.1) is 6.42 Å². The summed E-state index contributed by atoms with van der Waals surface area (Å²) in [4.78, 5) is 12.0. The second kappa shape index (κ2) is 7.85. The number of nitrogens with one attached hydrogen (secondary N) is 1. The van der Waals surface area contributed by atoms with E-state index in [0.717, 1.165) is 24.1 Å². The van der Waals surface area contributed by atoms with Gasteiger partial charge in [0.1, 0.15) is 0 Å². The van der Waals surface area contributed by atoms with Crippen molar-refractivity contribution >= 4 is 5.91 Å². The van der Waals surface area contributed by atoms with Crippen LogP contribution in [0.15, 0.2) is 35.9 Å². The van der Waals surface area contributed by atoms with Gasteiger partial charge in [0.25, 0.3) is 0 Å². The first-order valence-corrected chi connectivity index (χ1v) is 7.51. The third-order valence-electron chi connectivity index (χ3n) is 3.84. The Morgan fingerprint density at radius 3 is 2.70 bits per heavy atom. The molecule has 3 N–H and O–H groups in total. The highest BCUT2D eigenvalue weighted by Gasteiger charge is 2.08. The number of benzene rings is 1. The van der Waals surface area contributed by atoms with Crippen LogP contribution < -0.4 is 11.1 Å². The fraction of sp³-hybridized carbons (Fsp3) is 0.471. The maximum atomic E-state index is 12.0. The van der Waals surface area contributed by atoms with E-state index in [0.29, 0.717) is 13.0 Å². The van der Waals surface area contributed by atoms with Gasteiger partial charge in [-0.3, -0.25) is 4.79 Å². The first-order valence-electron chi connectivity index (χ1n) is 7.51. The third kappa shape index (κ3) is 4.49. The summed E-state index contributed by atoms with van der Waals surface area (Å²) in [5, 5.41) is 3.01. The van der Waals surface area contributed by atoms with E-state index in [1.54, 1.807) is 0 Å². The van der Waals surface area contributed by atoms with Gasteiger partial charge in [0.15, 0.2) is 0 Å². The van der Waals surface area contributed by atoms with Crippen LogP contribution in [-0.4, -0.2) is 12.5 Å². The standard InChI is InChI=1S/C17H24N2O/c18-13-16-9-5-4-8-15(16)12-17(20)19-11-10-14-6-2-1-3-7-14/h4-6,8-9H,1-3,7,10-13,18H2,(H,19,20). The van der Waals surface area contributed by atoms with Crippen molar-refractivity contribution in [3.63, 3.8) is 0 Å². The van der Waals surface area contributed by atoms with Crippen LogP contribution in [0.25, 0.3) is 0 Å². The fourth-order valence-electron chi connectivity index (χ4n) is 2.66. The molecule has 0 unspecified atom stereocenters. The third-order valence-corrected chi connectivity index (χ3v) is 3.84. The van der Waals surface area contributed by atoms with Crippen LogP contribution in [0.3, 0.4) is 0 Å². The summed E-state index contributed by atoms with van der Waals surface area (Å²) in [6.07, 6.45) is 8.75. The molecule has 2 rings (SSSR count). The maximum Gasteiger partial charge on any atom is 0.224 e. The molecule has 0 fully saturated rings. The van der Waals surface area contributed by atoms with Crippen molar-refractivity contribution in [1.29, 1.82) is 0 Å². The predicted molar refractivity (Wildman–Crippen MR) is 82.2 cm³/mol. The average Bonchev–Trinajstić information content (AvgIpc) is 2.49. The van der Waals surface area contributed by atoms with Gasteiger partial charge < -0.3 is 11.1 Å². The molecule has 1 aromatic carbocycles. The van der Waals surface area contributed by atoms with E-state index in [9.17, 15) is 4.79 Å². The smallest absolute Gasteiger partial charge is 0.224 e. The average molecular weight is 272 g/mol. The molecule has 0 heterocycles. The Kier molecular flexibility index (Phi) is 5.81. The van der Waals surface area contributed by atoms with Gasteiger partial charge in [0, 0.05) is 13.1 Å². The number of carbonyl (C=O) groups excluding carboxylic acids is 1. The first kappa shape index (κ1) is 14.8. The quantitative estimate of drug-likeness (QED) is 0.782. The Morgan fingerprint density at radius 2 is 2.00 bits per heavy atom. The summed E-state index contributed by atoms with van der Waals surface area (Å²) in [5.41, 5.74) is 9.27.